The molecule has 31 heavy (non-hydrogen) atoms. The van der Waals surface area contributed by atoms with Gasteiger partial charge in [0.05, 0.1) is 11.1 Å². The number of aromatic nitrogens is 1. The molecule has 1 amide bonds. The predicted molar refractivity (Wildman–Crippen MR) is 121 cm³/mol. The van der Waals surface area contributed by atoms with E-state index in [0.717, 1.165) is 5.76 Å². The lowest BCUT2D eigenvalue weighted by Gasteiger charge is -2.26. The lowest BCUT2D eigenvalue weighted by atomic mass is 10.1. The number of carbonyl (C=O) groups is 2. The van der Waals surface area contributed by atoms with Crippen LogP contribution in [0.3, 0.4) is 0 Å². The van der Waals surface area contributed by atoms with Gasteiger partial charge in [0.25, 0.3) is 5.91 Å². The van der Waals surface area contributed by atoms with Crippen molar-refractivity contribution in [3.05, 3.63) is 53.8 Å². The molecule has 3 aromatic rings. The topological polar surface area (TPSA) is 72.6 Å². The van der Waals surface area contributed by atoms with E-state index in [1.807, 2.05) is 43.3 Å². The first-order chi connectivity index (χ1) is 14.7. The zero-order valence-corrected chi connectivity index (χ0v) is 18.8. The summed E-state index contributed by atoms with van der Waals surface area (Å²) >= 11 is 0. The van der Waals surface area contributed by atoms with Gasteiger partial charge in [0.15, 0.2) is 12.4 Å². The third-order valence-corrected chi connectivity index (χ3v) is 4.78. The summed E-state index contributed by atoms with van der Waals surface area (Å²) in [6, 6.07) is 12.7. The number of hydrogen-bond donors (Lipinski definition) is 0. The molecule has 0 unspecified atom stereocenters. The molecule has 2 heterocycles. The standard InChI is InChI=1S/C25H30N2O4/c1-16(2)13-27(14-17(3)4)24(28)15-30-25(29)20-12-22(23-11-10-18(5)31-23)26-21-9-7-6-8-19(20)21/h6-12,16-17H,13-15H2,1-5H3. The monoisotopic (exact) mass is 422 g/mol. The van der Waals surface area contributed by atoms with Crippen LogP contribution in [0.15, 0.2) is 46.9 Å². The first-order valence-corrected chi connectivity index (χ1v) is 10.7. The molecule has 0 aliphatic rings. The van der Waals surface area contributed by atoms with E-state index in [4.69, 9.17) is 9.15 Å². The number of pyridine rings is 1. The number of benzene rings is 1. The average Bonchev–Trinajstić information content (AvgIpc) is 3.16. The van der Waals surface area contributed by atoms with Gasteiger partial charge in [-0.1, -0.05) is 45.9 Å². The Bertz CT molecular complexity index is 1060. The van der Waals surface area contributed by atoms with Crippen LogP contribution in [-0.4, -0.2) is 41.5 Å². The van der Waals surface area contributed by atoms with Gasteiger partial charge in [0.1, 0.15) is 11.5 Å². The fraction of sp³-hybridized carbons (Fsp3) is 0.400. The second-order valence-electron chi connectivity index (χ2n) is 8.65. The van der Waals surface area contributed by atoms with Crippen LogP contribution in [0.25, 0.3) is 22.4 Å². The Balaban J connectivity index is 1.83. The summed E-state index contributed by atoms with van der Waals surface area (Å²) in [5.41, 5.74) is 1.57. The van der Waals surface area contributed by atoms with Crippen molar-refractivity contribution in [3.63, 3.8) is 0 Å². The van der Waals surface area contributed by atoms with E-state index in [2.05, 4.69) is 32.7 Å². The van der Waals surface area contributed by atoms with Crippen molar-refractivity contribution in [2.75, 3.05) is 19.7 Å². The minimum absolute atomic E-state index is 0.184. The first kappa shape index (κ1) is 22.5. The van der Waals surface area contributed by atoms with Gasteiger partial charge < -0.3 is 14.1 Å². The molecule has 1 aromatic carbocycles. The van der Waals surface area contributed by atoms with Crippen molar-refractivity contribution in [2.45, 2.75) is 34.6 Å². The van der Waals surface area contributed by atoms with Crippen molar-refractivity contribution >= 4 is 22.8 Å². The summed E-state index contributed by atoms with van der Waals surface area (Å²) in [6.07, 6.45) is 0. The number of fused-ring (bicyclic) bond motifs is 1. The molecule has 6 nitrogen and oxygen atoms in total. The van der Waals surface area contributed by atoms with Gasteiger partial charge in [-0.15, -0.1) is 0 Å². The molecule has 0 atom stereocenters. The van der Waals surface area contributed by atoms with E-state index in [-0.39, 0.29) is 12.5 Å². The van der Waals surface area contributed by atoms with Gasteiger partial charge in [0, 0.05) is 18.5 Å². The van der Waals surface area contributed by atoms with Gasteiger partial charge >= 0.3 is 5.97 Å². The third-order valence-electron chi connectivity index (χ3n) is 4.78. The van der Waals surface area contributed by atoms with E-state index >= 15 is 0 Å². The number of amides is 1. The summed E-state index contributed by atoms with van der Waals surface area (Å²) in [7, 11) is 0. The molecule has 0 spiro atoms. The minimum Gasteiger partial charge on any atom is -0.460 e. The number of para-hydroxylation sites is 1. The number of carbonyl (C=O) groups excluding carboxylic acids is 2. The zero-order valence-electron chi connectivity index (χ0n) is 18.8. The average molecular weight is 423 g/mol. The van der Waals surface area contributed by atoms with Gasteiger partial charge in [0.2, 0.25) is 0 Å². The van der Waals surface area contributed by atoms with Crippen LogP contribution in [-0.2, 0) is 9.53 Å². The molecule has 0 N–H and O–H groups in total. The fourth-order valence-electron chi connectivity index (χ4n) is 3.50. The van der Waals surface area contributed by atoms with Gasteiger partial charge in [-0.2, -0.15) is 0 Å². The highest BCUT2D eigenvalue weighted by atomic mass is 16.5. The second-order valence-corrected chi connectivity index (χ2v) is 8.65. The maximum absolute atomic E-state index is 13.0. The molecule has 0 radical (unpaired) electrons. The van der Waals surface area contributed by atoms with E-state index in [0.29, 0.717) is 52.8 Å². The van der Waals surface area contributed by atoms with Crippen molar-refractivity contribution in [1.29, 1.82) is 0 Å². The quantitative estimate of drug-likeness (QED) is 0.472. The Kier molecular flexibility index (Phi) is 7.10. The number of nitrogens with zero attached hydrogens (tertiary/aromatic N) is 2. The second kappa shape index (κ2) is 9.77. The zero-order chi connectivity index (χ0) is 22.5. The fourth-order valence-corrected chi connectivity index (χ4v) is 3.50. The maximum Gasteiger partial charge on any atom is 0.339 e. The van der Waals surface area contributed by atoms with Crippen LogP contribution in [0.4, 0.5) is 0 Å². The Labute approximate surface area is 183 Å². The number of furan rings is 1. The number of rotatable bonds is 8. The van der Waals surface area contributed by atoms with Crippen LogP contribution >= 0.6 is 0 Å². The van der Waals surface area contributed by atoms with Crippen LogP contribution in [0, 0.1) is 18.8 Å². The largest absolute Gasteiger partial charge is 0.460 e. The summed E-state index contributed by atoms with van der Waals surface area (Å²) in [6.45, 7) is 11.1. The molecule has 0 saturated carbocycles. The van der Waals surface area contributed by atoms with Crippen LogP contribution in [0.5, 0.6) is 0 Å². The molecule has 0 saturated heterocycles. The summed E-state index contributed by atoms with van der Waals surface area (Å²) in [5, 5.41) is 0.674. The van der Waals surface area contributed by atoms with Crippen molar-refractivity contribution in [3.8, 4) is 11.5 Å². The van der Waals surface area contributed by atoms with Crippen LogP contribution < -0.4 is 0 Å². The van der Waals surface area contributed by atoms with E-state index in [1.54, 1.807) is 11.0 Å². The van der Waals surface area contributed by atoms with E-state index in [1.165, 1.54) is 0 Å². The number of ether oxygens (including phenoxy) is 1. The Morgan fingerprint density at radius 1 is 1.03 bits per heavy atom. The maximum atomic E-state index is 13.0. The number of aryl methyl sites for hydroxylation is 1. The summed E-state index contributed by atoms with van der Waals surface area (Å²) in [4.78, 5) is 32.1. The molecule has 0 aliphatic carbocycles. The van der Waals surface area contributed by atoms with E-state index < -0.39 is 5.97 Å². The molecule has 164 valence electrons. The smallest absolute Gasteiger partial charge is 0.339 e. The predicted octanol–water partition coefficient (Wildman–Crippen LogP) is 5.10. The Hall–Kier alpha value is -3.15. The molecule has 2 aromatic heterocycles. The Morgan fingerprint density at radius 3 is 2.32 bits per heavy atom. The summed E-state index contributed by atoms with van der Waals surface area (Å²) in [5.74, 6) is 1.27. The highest BCUT2D eigenvalue weighted by molar-refractivity contribution is 6.05. The SMILES string of the molecule is Cc1ccc(-c2cc(C(=O)OCC(=O)N(CC(C)C)CC(C)C)c3ccccc3n2)o1. The molecular formula is C25H30N2O4. The Morgan fingerprint density at radius 2 is 1.71 bits per heavy atom. The molecule has 0 fully saturated rings. The molecule has 3 rings (SSSR count). The van der Waals surface area contributed by atoms with Crippen molar-refractivity contribution in [1.82, 2.24) is 9.88 Å². The molecular weight excluding hydrogens is 392 g/mol. The first-order valence-electron chi connectivity index (χ1n) is 10.7. The lowest BCUT2D eigenvalue weighted by Crippen LogP contribution is -2.39. The number of hydrogen-bond acceptors (Lipinski definition) is 5. The van der Waals surface area contributed by atoms with Crippen molar-refractivity contribution < 1.29 is 18.7 Å². The normalized spacial score (nSPS) is 11.3. The molecule has 0 aliphatic heterocycles. The van der Waals surface area contributed by atoms with Gasteiger partial charge in [-0.05, 0) is 43.0 Å². The molecule has 6 heteroatoms. The lowest BCUT2D eigenvalue weighted by molar-refractivity contribution is -0.135. The molecule has 0 bridgehead atoms. The van der Waals surface area contributed by atoms with Crippen LogP contribution in [0.2, 0.25) is 0 Å². The van der Waals surface area contributed by atoms with E-state index in [9.17, 15) is 9.59 Å². The minimum atomic E-state index is -0.550. The van der Waals surface area contributed by atoms with Gasteiger partial charge in [-0.3, -0.25) is 4.79 Å². The van der Waals surface area contributed by atoms with Crippen molar-refractivity contribution in [2.24, 2.45) is 11.8 Å². The van der Waals surface area contributed by atoms with Crippen LogP contribution in [0.1, 0.15) is 43.8 Å². The highest BCUT2D eigenvalue weighted by Gasteiger charge is 2.21. The van der Waals surface area contributed by atoms with Gasteiger partial charge in [-0.25, -0.2) is 9.78 Å². The highest BCUT2D eigenvalue weighted by Crippen LogP contribution is 2.26. The number of esters is 1. The third kappa shape index (κ3) is 5.72. The summed E-state index contributed by atoms with van der Waals surface area (Å²) < 4.78 is 11.1.